The number of hydrogen-bond donors (Lipinski definition) is 1. The van der Waals surface area contributed by atoms with Crippen LogP contribution in [0.5, 0.6) is 0 Å². The highest BCUT2D eigenvalue weighted by atomic mass is 35.5. The monoisotopic (exact) mass is 372 g/mol. The van der Waals surface area contributed by atoms with Crippen LogP contribution in [-0.2, 0) is 0 Å². The second kappa shape index (κ2) is 8.12. The van der Waals surface area contributed by atoms with Gasteiger partial charge >= 0.3 is 0 Å². The fraction of sp³-hybridized carbons (Fsp3) is 0.571. The fourth-order valence-electron chi connectivity index (χ4n) is 4.50. The molecule has 1 aromatic heterocycles. The molecule has 2 aromatic rings. The summed E-state index contributed by atoms with van der Waals surface area (Å²) in [5.41, 5.74) is 3.22. The van der Waals surface area contributed by atoms with Gasteiger partial charge in [0.05, 0.1) is 10.7 Å². The lowest BCUT2D eigenvalue weighted by molar-refractivity contribution is 0.185. The van der Waals surface area contributed by atoms with E-state index in [4.69, 9.17) is 11.6 Å². The molecule has 5 heteroatoms. The van der Waals surface area contributed by atoms with Gasteiger partial charge in [-0.2, -0.15) is 5.10 Å². The maximum atomic E-state index is 6.31. The van der Waals surface area contributed by atoms with Gasteiger partial charge in [0, 0.05) is 23.2 Å². The Bertz CT molecular complexity index is 720. The number of likely N-dealkylation sites (tertiary alicyclic amines) is 2. The number of aromatic amines is 1. The maximum absolute atomic E-state index is 6.31. The lowest BCUT2D eigenvalue weighted by Crippen LogP contribution is -2.36. The van der Waals surface area contributed by atoms with E-state index in [9.17, 15) is 0 Å². The van der Waals surface area contributed by atoms with E-state index < -0.39 is 0 Å². The average molecular weight is 373 g/mol. The molecule has 2 aliphatic heterocycles. The molecular formula is C21H29ClN4. The first-order valence-corrected chi connectivity index (χ1v) is 10.3. The largest absolute Gasteiger partial charge is 0.303 e. The zero-order valence-corrected chi connectivity index (χ0v) is 16.4. The molecule has 0 radical (unpaired) electrons. The molecule has 1 N–H and O–H groups in total. The van der Waals surface area contributed by atoms with Crippen LogP contribution in [0.4, 0.5) is 0 Å². The van der Waals surface area contributed by atoms with Crippen LogP contribution in [0.1, 0.15) is 43.7 Å². The number of aromatic nitrogens is 2. The van der Waals surface area contributed by atoms with Gasteiger partial charge in [-0.25, -0.2) is 0 Å². The number of benzene rings is 1. The Morgan fingerprint density at radius 1 is 1.15 bits per heavy atom. The zero-order valence-electron chi connectivity index (χ0n) is 15.6. The molecular weight excluding hydrogens is 344 g/mol. The van der Waals surface area contributed by atoms with Gasteiger partial charge in [0.1, 0.15) is 0 Å². The van der Waals surface area contributed by atoms with Crippen molar-refractivity contribution < 1.29 is 0 Å². The van der Waals surface area contributed by atoms with Gasteiger partial charge in [-0.05, 0) is 77.5 Å². The van der Waals surface area contributed by atoms with E-state index in [0.29, 0.717) is 5.92 Å². The van der Waals surface area contributed by atoms with Gasteiger partial charge in [-0.15, -0.1) is 0 Å². The number of nitrogens with one attached hydrogen (secondary N) is 1. The van der Waals surface area contributed by atoms with Gasteiger partial charge < -0.3 is 9.80 Å². The minimum Gasteiger partial charge on any atom is -0.303 e. The van der Waals surface area contributed by atoms with Gasteiger partial charge in [0.25, 0.3) is 0 Å². The van der Waals surface area contributed by atoms with Crippen LogP contribution in [0.3, 0.4) is 0 Å². The zero-order chi connectivity index (χ0) is 17.9. The molecule has 1 atom stereocenters. The molecule has 0 amide bonds. The SMILES string of the molecule is CN1CCCC1CCN1CCC(c2cc(-c3ccccc3Cl)n[nH]2)CC1. The third-order valence-corrected chi connectivity index (χ3v) is 6.55. The van der Waals surface area contributed by atoms with Crippen molar-refractivity contribution in [3.63, 3.8) is 0 Å². The Morgan fingerprint density at radius 3 is 2.69 bits per heavy atom. The molecule has 2 aliphatic rings. The Kier molecular flexibility index (Phi) is 5.63. The van der Waals surface area contributed by atoms with Crippen molar-refractivity contribution >= 4 is 11.6 Å². The summed E-state index contributed by atoms with van der Waals surface area (Å²) in [6, 6.07) is 10.9. The molecule has 1 unspecified atom stereocenters. The van der Waals surface area contributed by atoms with Crippen molar-refractivity contribution in [3.05, 3.63) is 41.0 Å². The van der Waals surface area contributed by atoms with E-state index >= 15 is 0 Å². The van der Waals surface area contributed by atoms with Crippen LogP contribution in [0.15, 0.2) is 30.3 Å². The molecule has 140 valence electrons. The van der Waals surface area contributed by atoms with Crippen molar-refractivity contribution in [1.82, 2.24) is 20.0 Å². The van der Waals surface area contributed by atoms with Crippen LogP contribution >= 0.6 is 11.6 Å². The summed E-state index contributed by atoms with van der Waals surface area (Å²) in [5.74, 6) is 0.587. The third-order valence-electron chi connectivity index (χ3n) is 6.22. The first-order chi connectivity index (χ1) is 12.7. The summed E-state index contributed by atoms with van der Waals surface area (Å²) in [5, 5.41) is 8.54. The minimum atomic E-state index is 0.587. The van der Waals surface area contributed by atoms with Crippen molar-refractivity contribution in [3.8, 4) is 11.3 Å². The fourth-order valence-corrected chi connectivity index (χ4v) is 4.73. The number of nitrogens with zero attached hydrogens (tertiary/aromatic N) is 3. The topological polar surface area (TPSA) is 35.2 Å². The first-order valence-electron chi connectivity index (χ1n) is 9.93. The van der Waals surface area contributed by atoms with Gasteiger partial charge in [-0.1, -0.05) is 29.8 Å². The number of piperidine rings is 1. The van der Waals surface area contributed by atoms with Crippen molar-refractivity contribution in [2.75, 3.05) is 33.2 Å². The van der Waals surface area contributed by atoms with E-state index in [1.165, 1.54) is 64.0 Å². The summed E-state index contributed by atoms with van der Waals surface area (Å²) in [4.78, 5) is 5.18. The van der Waals surface area contributed by atoms with Crippen molar-refractivity contribution in [2.45, 2.75) is 44.1 Å². The Morgan fingerprint density at radius 2 is 1.96 bits per heavy atom. The van der Waals surface area contributed by atoms with Gasteiger partial charge in [0.15, 0.2) is 0 Å². The van der Waals surface area contributed by atoms with Crippen molar-refractivity contribution in [1.29, 1.82) is 0 Å². The molecule has 0 saturated carbocycles. The molecule has 4 nitrogen and oxygen atoms in total. The smallest absolute Gasteiger partial charge is 0.0938 e. The van der Waals surface area contributed by atoms with E-state index in [0.717, 1.165) is 22.3 Å². The van der Waals surface area contributed by atoms with E-state index in [1.54, 1.807) is 0 Å². The molecule has 1 aromatic carbocycles. The van der Waals surface area contributed by atoms with Crippen molar-refractivity contribution in [2.24, 2.45) is 0 Å². The summed E-state index contributed by atoms with van der Waals surface area (Å²) in [7, 11) is 2.28. The summed E-state index contributed by atoms with van der Waals surface area (Å²) in [6.07, 6.45) is 6.50. The Hall–Kier alpha value is -1.36. The lowest BCUT2D eigenvalue weighted by atomic mass is 9.93. The van der Waals surface area contributed by atoms with E-state index in [2.05, 4.69) is 33.1 Å². The predicted molar refractivity (Wildman–Crippen MR) is 108 cm³/mol. The highest BCUT2D eigenvalue weighted by Crippen LogP contribution is 2.32. The highest BCUT2D eigenvalue weighted by molar-refractivity contribution is 6.33. The number of halogens is 1. The molecule has 2 fully saturated rings. The minimum absolute atomic E-state index is 0.587. The van der Waals surface area contributed by atoms with E-state index in [-0.39, 0.29) is 0 Å². The molecule has 0 aliphatic carbocycles. The molecule has 26 heavy (non-hydrogen) atoms. The third kappa shape index (κ3) is 3.98. The second-order valence-corrected chi connectivity index (χ2v) is 8.28. The quantitative estimate of drug-likeness (QED) is 0.845. The highest BCUT2D eigenvalue weighted by Gasteiger charge is 2.25. The summed E-state index contributed by atoms with van der Waals surface area (Å²) < 4.78 is 0. The van der Waals surface area contributed by atoms with Gasteiger partial charge in [0.2, 0.25) is 0 Å². The second-order valence-electron chi connectivity index (χ2n) is 7.87. The predicted octanol–water partition coefficient (Wildman–Crippen LogP) is 4.39. The Balaban J connectivity index is 1.30. The molecule has 0 spiro atoms. The van der Waals surface area contributed by atoms with Crippen LogP contribution in [0.25, 0.3) is 11.3 Å². The van der Waals surface area contributed by atoms with Crippen LogP contribution in [-0.4, -0.2) is 59.3 Å². The van der Waals surface area contributed by atoms with Gasteiger partial charge in [-0.3, -0.25) is 5.10 Å². The van der Waals surface area contributed by atoms with Crippen LogP contribution < -0.4 is 0 Å². The summed E-state index contributed by atoms with van der Waals surface area (Å²) >= 11 is 6.31. The van der Waals surface area contributed by atoms with E-state index in [1.807, 2.05) is 24.3 Å². The Labute approximate surface area is 161 Å². The molecule has 2 saturated heterocycles. The normalized spacial score (nSPS) is 22.9. The molecule has 0 bridgehead atoms. The average Bonchev–Trinajstić information content (AvgIpc) is 3.30. The summed E-state index contributed by atoms with van der Waals surface area (Å²) in [6.45, 7) is 4.92. The first kappa shape index (κ1) is 18.0. The number of H-pyrrole nitrogens is 1. The molecule has 3 heterocycles. The van der Waals surface area contributed by atoms with Crippen LogP contribution in [0.2, 0.25) is 5.02 Å². The number of rotatable bonds is 5. The number of hydrogen-bond acceptors (Lipinski definition) is 3. The van der Waals surface area contributed by atoms with Crippen LogP contribution in [0, 0.1) is 0 Å². The lowest BCUT2D eigenvalue weighted by Gasteiger charge is -2.32. The molecule has 4 rings (SSSR count). The maximum Gasteiger partial charge on any atom is 0.0938 e. The standard InChI is InChI=1S/C21H29ClN4/c1-25-11-4-5-17(25)10-14-26-12-8-16(9-13-26)20-15-21(24-23-20)18-6-2-3-7-19(18)22/h2-3,6-7,15-17H,4-5,8-14H2,1H3,(H,23,24).